The molecule has 0 unspecified atom stereocenters. The van der Waals surface area contributed by atoms with Gasteiger partial charge in [-0.3, -0.25) is 4.79 Å². The smallest absolute Gasteiger partial charge is 0.234 e. The fourth-order valence-electron chi connectivity index (χ4n) is 2.45. The van der Waals surface area contributed by atoms with Crippen LogP contribution in [0.15, 0.2) is 35.2 Å². The first-order valence-corrected chi connectivity index (χ1v) is 8.12. The quantitative estimate of drug-likeness (QED) is 0.821. The van der Waals surface area contributed by atoms with E-state index < -0.39 is 0 Å². The number of nitrogens with one attached hydrogen (secondary N) is 1. The molecule has 0 aliphatic rings. The minimum absolute atomic E-state index is 0.127. The monoisotopic (exact) mass is 317 g/mol. The molecule has 116 valence electrons. The maximum absolute atomic E-state index is 13.2. The maximum Gasteiger partial charge on any atom is 0.234 e. The van der Waals surface area contributed by atoms with Gasteiger partial charge in [0.25, 0.3) is 0 Å². The predicted molar refractivity (Wildman–Crippen MR) is 91.1 cm³/mol. The topological polar surface area (TPSA) is 29.1 Å². The lowest BCUT2D eigenvalue weighted by Crippen LogP contribution is -2.15. The molecule has 0 heterocycles. The van der Waals surface area contributed by atoms with Crippen LogP contribution in [-0.4, -0.2) is 11.7 Å². The molecule has 0 saturated carbocycles. The Kier molecular flexibility index (Phi) is 5.24. The van der Waals surface area contributed by atoms with Crippen LogP contribution in [0.3, 0.4) is 0 Å². The molecule has 2 aromatic rings. The summed E-state index contributed by atoms with van der Waals surface area (Å²) in [6, 6.07) is 8.62. The van der Waals surface area contributed by atoms with Gasteiger partial charge in [0, 0.05) is 10.6 Å². The third kappa shape index (κ3) is 4.10. The Bertz CT molecular complexity index is 689. The standard InChI is InChI=1S/C18H20FNOS/c1-11-7-13(3)18(14(4)8-11)22-10-17(21)20-16-9-15(19)6-5-12(16)2/h5-9H,10H2,1-4H3,(H,20,21). The summed E-state index contributed by atoms with van der Waals surface area (Å²) in [4.78, 5) is 13.2. The molecule has 0 aliphatic heterocycles. The van der Waals surface area contributed by atoms with E-state index in [0.717, 1.165) is 10.5 Å². The molecular weight excluding hydrogens is 297 g/mol. The van der Waals surface area contributed by atoms with Crippen LogP contribution in [0.5, 0.6) is 0 Å². The number of thioether (sulfide) groups is 1. The van der Waals surface area contributed by atoms with Gasteiger partial charge in [0.2, 0.25) is 5.91 Å². The number of anilines is 1. The Morgan fingerprint density at radius 2 is 1.68 bits per heavy atom. The highest BCUT2D eigenvalue weighted by atomic mass is 32.2. The van der Waals surface area contributed by atoms with Crippen molar-refractivity contribution in [3.05, 3.63) is 58.4 Å². The van der Waals surface area contributed by atoms with Crippen molar-refractivity contribution in [1.82, 2.24) is 0 Å². The first-order chi connectivity index (χ1) is 10.4. The van der Waals surface area contributed by atoms with Crippen molar-refractivity contribution in [2.75, 3.05) is 11.1 Å². The highest BCUT2D eigenvalue weighted by Crippen LogP contribution is 2.27. The lowest BCUT2D eigenvalue weighted by Gasteiger charge is -2.12. The second-order valence-corrected chi connectivity index (χ2v) is 6.51. The Balaban J connectivity index is 2.03. The first kappa shape index (κ1) is 16.6. The number of aryl methyl sites for hydroxylation is 4. The van der Waals surface area contributed by atoms with E-state index >= 15 is 0 Å². The number of halogens is 1. The normalized spacial score (nSPS) is 10.6. The zero-order chi connectivity index (χ0) is 16.3. The maximum atomic E-state index is 13.2. The molecule has 2 rings (SSSR count). The highest BCUT2D eigenvalue weighted by Gasteiger charge is 2.10. The van der Waals surface area contributed by atoms with Crippen LogP contribution >= 0.6 is 11.8 Å². The SMILES string of the molecule is Cc1cc(C)c(SCC(=O)Nc2cc(F)ccc2C)c(C)c1. The molecule has 22 heavy (non-hydrogen) atoms. The number of hydrogen-bond acceptors (Lipinski definition) is 2. The van der Waals surface area contributed by atoms with Gasteiger partial charge in [0.1, 0.15) is 5.82 Å². The number of hydrogen-bond donors (Lipinski definition) is 1. The summed E-state index contributed by atoms with van der Waals surface area (Å²) in [6.07, 6.45) is 0. The second kappa shape index (κ2) is 6.97. The molecule has 0 fully saturated rings. The van der Waals surface area contributed by atoms with Crippen LogP contribution < -0.4 is 5.32 Å². The number of carbonyl (C=O) groups excluding carboxylic acids is 1. The zero-order valence-electron chi connectivity index (χ0n) is 13.3. The summed E-state index contributed by atoms with van der Waals surface area (Å²) < 4.78 is 13.2. The minimum Gasteiger partial charge on any atom is -0.325 e. The van der Waals surface area contributed by atoms with E-state index in [-0.39, 0.29) is 11.7 Å². The molecule has 1 amide bonds. The van der Waals surface area contributed by atoms with Gasteiger partial charge < -0.3 is 5.32 Å². The molecule has 1 N–H and O–H groups in total. The lowest BCUT2D eigenvalue weighted by molar-refractivity contribution is -0.113. The van der Waals surface area contributed by atoms with E-state index in [4.69, 9.17) is 0 Å². The molecular formula is C18H20FNOS. The number of rotatable bonds is 4. The second-order valence-electron chi connectivity index (χ2n) is 5.52. The molecule has 0 saturated heterocycles. The van der Waals surface area contributed by atoms with Crippen LogP contribution in [0.25, 0.3) is 0 Å². The number of amides is 1. The van der Waals surface area contributed by atoms with E-state index in [1.54, 1.807) is 6.07 Å². The molecule has 0 atom stereocenters. The summed E-state index contributed by atoms with van der Waals surface area (Å²) in [5.41, 5.74) is 4.96. The Hall–Kier alpha value is -1.81. The molecule has 0 aromatic heterocycles. The fraction of sp³-hybridized carbons (Fsp3) is 0.278. The van der Waals surface area contributed by atoms with Crippen LogP contribution in [0.2, 0.25) is 0 Å². The molecule has 2 aromatic carbocycles. The molecule has 2 nitrogen and oxygen atoms in total. The number of benzene rings is 2. The summed E-state index contributed by atoms with van der Waals surface area (Å²) >= 11 is 1.51. The van der Waals surface area contributed by atoms with Gasteiger partial charge in [-0.2, -0.15) is 0 Å². The minimum atomic E-state index is -0.348. The van der Waals surface area contributed by atoms with Gasteiger partial charge in [0.05, 0.1) is 5.75 Å². The number of carbonyl (C=O) groups is 1. The zero-order valence-corrected chi connectivity index (χ0v) is 14.1. The van der Waals surface area contributed by atoms with Crippen molar-refractivity contribution in [1.29, 1.82) is 0 Å². The fourth-order valence-corrected chi connectivity index (χ4v) is 3.37. The Morgan fingerprint density at radius 1 is 1.05 bits per heavy atom. The molecule has 0 spiro atoms. The lowest BCUT2D eigenvalue weighted by atomic mass is 10.1. The van der Waals surface area contributed by atoms with Gasteiger partial charge in [-0.15, -0.1) is 11.8 Å². The summed E-state index contributed by atoms with van der Waals surface area (Å²) in [5, 5.41) is 2.77. The van der Waals surface area contributed by atoms with Crippen LogP contribution in [-0.2, 0) is 4.79 Å². The van der Waals surface area contributed by atoms with Gasteiger partial charge >= 0.3 is 0 Å². The highest BCUT2D eigenvalue weighted by molar-refractivity contribution is 8.00. The van der Waals surface area contributed by atoms with E-state index in [2.05, 4.69) is 38.2 Å². The van der Waals surface area contributed by atoms with Crippen molar-refractivity contribution in [3.63, 3.8) is 0 Å². The Morgan fingerprint density at radius 3 is 2.32 bits per heavy atom. The van der Waals surface area contributed by atoms with Crippen LogP contribution in [0.1, 0.15) is 22.3 Å². The van der Waals surface area contributed by atoms with Gasteiger partial charge in [0.15, 0.2) is 0 Å². The third-order valence-electron chi connectivity index (χ3n) is 3.43. The van der Waals surface area contributed by atoms with Crippen molar-refractivity contribution in [2.45, 2.75) is 32.6 Å². The average molecular weight is 317 g/mol. The molecule has 0 aliphatic carbocycles. The van der Waals surface area contributed by atoms with E-state index in [9.17, 15) is 9.18 Å². The van der Waals surface area contributed by atoms with Crippen molar-refractivity contribution < 1.29 is 9.18 Å². The van der Waals surface area contributed by atoms with Gasteiger partial charge in [-0.1, -0.05) is 23.8 Å². The van der Waals surface area contributed by atoms with Crippen LogP contribution in [0, 0.1) is 33.5 Å². The summed E-state index contributed by atoms with van der Waals surface area (Å²) in [6.45, 7) is 8.01. The van der Waals surface area contributed by atoms with Crippen molar-refractivity contribution in [2.24, 2.45) is 0 Å². The summed E-state index contributed by atoms with van der Waals surface area (Å²) in [7, 11) is 0. The predicted octanol–water partition coefficient (Wildman–Crippen LogP) is 4.79. The van der Waals surface area contributed by atoms with Gasteiger partial charge in [-0.25, -0.2) is 4.39 Å². The van der Waals surface area contributed by atoms with Crippen LogP contribution in [0.4, 0.5) is 10.1 Å². The molecule has 4 heteroatoms. The summed E-state index contributed by atoms with van der Waals surface area (Å²) in [5.74, 6) is -0.169. The van der Waals surface area contributed by atoms with E-state index in [1.165, 1.54) is 40.6 Å². The van der Waals surface area contributed by atoms with Crippen molar-refractivity contribution >= 4 is 23.4 Å². The molecule has 0 radical (unpaired) electrons. The third-order valence-corrected chi connectivity index (χ3v) is 4.77. The van der Waals surface area contributed by atoms with Crippen molar-refractivity contribution in [3.8, 4) is 0 Å². The Labute approximate surface area is 135 Å². The average Bonchev–Trinajstić information content (AvgIpc) is 2.41. The van der Waals surface area contributed by atoms with E-state index in [1.807, 2.05) is 6.92 Å². The largest absolute Gasteiger partial charge is 0.325 e. The van der Waals surface area contributed by atoms with E-state index in [0.29, 0.717) is 11.4 Å². The van der Waals surface area contributed by atoms with Gasteiger partial charge in [-0.05, 0) is 56.5 Å². The first-order valence-electron chi connectivity index (χ1n) is 7.13. The molecule has 0 bridgehead atoms.